The quantitative estimate of drug-likeness (QED) is 0.884. The van der Waals surface area contributed by atoms with Crippen LogP contribution in [0.1, 0.15) is 23.2 Å². The Morgan fingerprint density at radius 2 is 2.20 bits per heavy atom. The third kappa shape index (κ3) is 2.45. The predicted octanol–water partition coefficient (Wildman–Crippen LogP) is 3.24. The molecule has 104 valence electrons. The summed E-state index contributed by atoms with van der Waals surface area (Å²) in [5, 5.41) is 13.4. The van der Waals surface area contributed by atoms with E-state index >= 15 is 0 Å². The molecule has 0 amide bonds. The number of nitrogens with zero attached hydrogens (tertiary/aromatic N) is 1. The number of aromatic carboxylic acids is 1. The Hall–Kier alpha value is -1.75. The molecule has 1 fully saturated rings. The van der Waals surface area contributed by atoms with Crippen LogP contribution in [0.25, 0.3) is 10.9 Å². The lowest BCUT2D eigenvalue weighted by Gasteiger charge is -2.15. The zero-order valence-electron chi connectivity index (χ0n) is 11.2. The van der Waals surface area contributed by atoms with E-state index < -0.39 is 5.97 Å². The van der Waals surface area contributed by atoms with Crippen molar-refractivity contribution in [3.05, 3.63) is 35.9 Å². The van der Waals surface area contributed by atoms with Gasteiger partial charge in [0.15, 0.2) is 0 Å². The molecular weight excluding hydrogens is 272 g/mol. The lowest BCUT2D eigenvalue weighted by Crippen LogP contribution is -2.19. The van der Waals surface area contributed by atoms with Gasteiger partial charge in [0.05, 0.1) is 5.52 Å². The summed E-state index contributed by atoms with van der Waals surface area (Å²) in [4.78, 5) is 15.9. The minimum Gasteiger partial charge on any atom is -0.478 e. The SMILES string of the molecule is CSC1(CNc2nc3ccccc3cc2C(=O)O)CC1. The third-order valence-electron chi connectivity index (χ3n) is 3.77. The second-order valence-corrected chi connectivity index (χ2v) is 6.40. The summed E-state index contributed by atoms with van der Waals surface area (Å²) in [6.07, 6.45) is 4.45. The number of carboxylic acids is 1. The number of hydrogen-bond donors (Lipinski definition) is 2. The largest absolute Gasteiger partial charge is 0.478 e. The molecule has 1 heterocycles. The lowest BCUT2D eigenvalue weighted by molar-refractivity contribution is 0.0697. The van der Waals surface area contributed by atoms with Crippen molar-refractivity contribution < 1.29 is 9.90 Å². The molecule has 0 atom stereocenters. The fourth-order valence-electron chi connectivity index (χ4n) is 2.25. The fraction of sp³-hybridized carbons (Fsp3) is 0.333. The third-order valence-corrected chi connectivity index (χ3v) is 5.19. The standard InChI is InChI=1S/C15H16N2O2S/c1-20-15(6-7-15)9-16-13-11(14(18)19)8-10-4-2-3-5-12(10)17-13/h2-5,8H,6-7,9H2,1H3,(H,16,17)(H,18,19). The molecule has 0 radical (unpaired) electrons. The molecule has 4 nitrogen and oxygen atoms in total. The number of pyridine rings is 1. The van der Waals surface area contributed by atoms with E-state index in [4.69, 9.17) is 0 Å². The Balaban J connectivity index is 1.95. The van der Waals surface area contributed by atoms with Crippen molar-refractivity contribution in [2.24, 2.45) is 0 Å². The number of thioether (sulfide) groups is 1. The normalized spacial score (nSPS) is 16.1. The highest BCUT2D eigenvalue weighted by atomic mass is 32.2. The van der Waals surface area contributed by atoms with E-state index in [1.165, 1.54) is 12.8 Å². The molecule has 1 saturated carbocycles. The van der Waals surface area contributed by atoms with Gasteiger partial charge in [0.1, 0.15) is 11.4 Å². The van der Waals surface area contributed by atoms with Crippen LogP contribution in [-0.4, -0.2) is 33.6 Å². The molecule has 5 heteroatoms. The fourth-order valence-corrected chi connectivity index (χ4v) is 2.98. The minimum atomic E-state index is -0.945. The number of hydrogen-bond acceptors (Lipinski definition) is 4. The summed E-state index contributed by atoms with van der Waals surface area (Å²) in [7, 11) is 0. The van der Waals surface area contributed by atoms with Crippen molar-refractivity contribution in [2.45, 2.75) is 17.6 Å². The number of nitrogens with one attached hydrogen (secondary N) is 1. The Bertz CT molecular complexity index is 668. The number of fused-ring (bicyclic) bond motifs is 1. The number of carbonyl (C=O) groups is 1. The molecule has 1 aromatic heterocycles. The summed E-state index contributed by atoms with van der Waals surface area (Å²) < 4.78 is 0.267. The van der Waals surface area contributed by atoms with Crippen molar-refractivity contribution in [3.8, 4) is 0 Å². The maximum Gasteiger partial charge on any atom is 0.339 e. The van der Waals surface area contributed by atoms with E-state index in [-0.39, 0.29) is 10.3 Å². The first-order valence-corrected chi connectivity index (χ1v) is 7.78. The molecule has 2 N–H and O–H groups in total. The van der Waals surface area contributed by atoms with Crippen LogP contribution in [0, 0.1) is 0 Å². The van der Waals surface area contributed by atoms with Crippen LogP contribution >= 0.6 is 11.8 Å². The van der Waals surface area contributed by atoms with E-state index in [1.54, 1.807) is 6.07 Å². The Morgan fingerprint density at radius 3 is 2.85 bits per heavy atom. The molecule has 0 spiro atoms. The van der Waals surface area contributed by atoms with Crippen molar-refractivity contribution in [1.82, 2.24) is 4.98 Å². The van der Waals surface area contributed by atoms with Crippen molar-refractivity contribution >= 4 is 34.5 Å². The molecule has 1 aliphatic carbocycles. The highest BCUT2D eigenvalue weighted by Crippen LogP contribution is 2.47. The number of aromatic nitrogens is 1. The van der Waals surface area contributed by atoms with E-state index in [2.05, 4.69) is 16.6 Å². The van der Waals surface area contributed by atoms with Gasteiger partial charge in [-0.05, 0) is 31.2 Å². The number of anilines is 1. The minimum absolute atomic E-state index is 0.237. The highest BCUT2D eigenvalue weighted by molar-refractivity contribution is 8.00. The van der Waals surface area contributed by atoms with Gasteiger partial charge in [0.25, 0.3) is 0 Å². The maximum atomic E-state index is 11.4. The van der Waals surface area contributed by atoms with Crippen molar-refractivity contribution in [1.29, 1.82) is 0 Å². The van der Waals surface area contributed by atoms with Crippen LogP contribution in [-0.2, 0) is 0 Å². The molecule has 20 heavy (non-hydrogen) atoms. The number of benzene rings is 1. The highest BCUT2D eigenvalue weighted by Gasteiger charge is 2.41. The average Bonchev–Trinajstić information content (AvgIpc) is 3.24. The molecule has 1 aromatic carbocycles. The monoisotopic (exact) mass is 288 g/mol. The molecule has 0 bridgehead atoms. The first kappa shape index (κ1) is 13.2. The summed E-state index contributed by atoms with van der Waals surface area (Å²) in [6, 6.07) is 9.25. The van der Waals surface area contributed by atoms with Gasteiger partial charge in [-0.2, -0.15) is 11.8 Å². The van der Waals surface area contributed by atoms with E-state index in [0.717, 1.165) is 17.4 Å². The Morgan fingerprint density at radius 1 is 1.45 bits per heavy atom. The Kier molecular flexibility index (Phi) is 3.30. The van der Waals surface area contributed by atoms with Crippen molar-refractivity contribution in [2.75, 3.05) is 18.1 Å². The van der Waals surface area contributed by atoms with Crippen LogP contribution in [0.4, 0.5) is 5.82 Å². The zero-order chi connectivity index (χ0) is 14.2. The van der Waals surface area contributed by atoms with Gasteiger partial charge >= 0.3 is 5.97 Å². The number of para-hydroxylation sites is 1. The molecule has 2 aromatic rings. The van der Waals surface area contributed by atoms with Gasteiger partial charge in [-0.15, -0.1) is 0 Å². The second-order valence-electron chi connectivity index (χ2n) is 5.12. The average molecular weight is 288 g/mol. The first-order valence-electron chi connectivity index (χ1n) is 6.56. The second kappa shape index (κ2) is 4.98. The molecule has 3 rings (SSSR count). The van der Waals surface area contributed by atoms with Gasteiger partial charge in [-0.25, -0.2) is 9.78 Å². The topological polar surface area (TPSA) is 62.2 Å². The van der Waals surface area contributed by atoms with E-state index in [9.17, 15) is 9.90 Å². The zero-order valence-corrected chi connectivity index (χ0v) is 12.0. The van der Waals surface area contributed by atoms with E-state index in [0.29, 0.717) is 5.82 Å². The smallest absolute Gasteiger partial charge is 0.339 e. The first-order chi connectivity index (χ1) is 9.63. The van der Waals surface area contributed by atoms with Crippen molar-refractivity contribution in [3.63, 3.8) is 0 Å². The summed E-state index contributed by atoms with van der Waals surface area (Å²) >= 11 is 1.84. The van der Waals surface area contributed by atoms with Crippen LogP contribution in [0.3, 0.4) is 0 Å². The summed E-state index contributed by atoms with van der Waals surface area (Å²) in [6.45, 7) is 0.764. The van der Waals surface area contributed by atoms with Crippen LogP contribution in [0.15, 0.2) is 30.3 Å². The predicted molar refractivity (Wildman–Crippen MR) is 82.7 cm³/mol. The van der Waals surface area contributed by atoms with Gasteiger partial charge < -0.3 is 10.4 Å². The van der Waals surface area contributed by atoms with Gasteiger partial charge in [0.2, 0.25) is 0 Å². The van der Waals surface area contributed by atoms with Gasteiger partial charge in [-0.1, -0.05) is 18.2 Å². The number of carboxylic acid groups (broad SMARTS) is 1. The molecule has 0 aliphatic heterocycles. The lowest BCUT2D eigenvalue weighted by atomic mass is 10.1. The Labute approximate surface area is 121 Å². The molecule has 1 aliphatic rings. The van der Waals surface area contributed by atoms with Gasteiger partial charge in [-0.3, -0.25) is 0 Å². The van der Waals surface area contributed by atoms with E-state index in [1.807, 2.05) is 36.0 Å². The van der Waals surface area contributed by atoms with Crippen LogP contribution in [0.5, 0.6) is 0 Å². The summed E-state index contributed by atoms with van der Waals surface area (Å²) in [5.41, 5.74) is 1.05. The summed E-state index contributed by atoms with van der Waals surface area (Å²) in [5.74, 6) is -0.476. The molecule has 0 unspecified atom stereocenters. The van der Waals surface area contributed by atoms with Gasteiger partial charge in [0, 0.05) is 16.7 Å². The number of rotatable bonds is 5. The molecular formula is C15H16N2O2S. The van der Waals surface area contributed by atoms with Crippen LogP contribution < -0.4 is 5.32 Å². The molecule has 0 saturated heterocycles. The maximum absolute atomic E-state index is 11.4. The van der Waals surface area contributed by atoms with Crippen LogP contribution in [0.2, 0.25) is 0 Å².